The van der Waals surface area contributed by atoms with E-state index < -0.39 is 5.97 Å². The maximum Gasteiger partial charge on any atom is 0.335 e. The standard InChI is InChI=1S/C20H18N2O4S/c1-26-16-8-4-13(5-9-16)10-18-22-17(12-27-18)19(23)21-11-14-2-6-15(7-3-14)20(24)25/h2-9,12H,10-11H2,1H3,(H,21,23)(H,24,25). The maximum absolute atomic E-state index is 12.3. The van der Waals surface area contributed by atoms with Crippen molar-refractivity contribution in [3.63, 3.8) is 0 Å². The SMILES string of the molecule is COc1ccc(Cc2nc(C(=O)NCc3ccc(C(=O)O)cc3)cs2)cc1. The van der Waals surface area contributed by atoms with E-state index in [-0.39, 0.29) is 11.5 Å². The van der Waals surface area contributed by atoms with Crippen molar-refractivity contribution in [3.05, 3.63) is 81.3 Å². The fraction of sp³-hybridized carbons (Fsp3) is 0.150. The van der Waals surface area contributed by atoms with E-state index >= 15 is 0 Å². The topological polar surface area (TPSA) is 88.5 Å². The minimum absolute atomic E-state index is 0.216. The maximum atomic E-state index is 12.3. The van der Waals surface area contributed by atoms with Crippen molar-refractivity contribution < 1.29 is 19.4 Å². The first-order valence-corrected chi connectivity index (χ1v) is 9.11. The number of nitrogens with zero attached hydrogens (tertiary/aromatic N) is 1. The average molecular weight is 382 g/mol. The minimum Gasteiger partial charge on any atom is -0.497 e. The third kappa shape index (κ3) is 4.92. The summed E-state index contributed by atoms with van der Waals surface area (Å²) in [5.74, 6) is -0.429. The lowest BCUT2D eigenvalue weighted by atomic mass is 10.1. The number of amides is 1. The molecule has 0 aliphatic rings. The number of aromatic nitrogens is 1. The number of aromatic carboxylic acids is 1. The molecule has 0 atom stereocenters. The number of carbonyl (C=O) groups excluding carboxylic acids is 1. The highest BCUT2D eigenvalue weighted by molar-refractivity contribution is 7.09. The molecule has 1 amide bonds. The summed E-state index contributed by atoms with van der Waals surface area (Å²) in [5, 5.41) is 14.3. The fourth-order valence-corrected chi connectivity index (χ4v) is 3.26. The number of nitrogens with one attached hydrogen (secondary N) is 1. The first kappa shape index (κ1) is 18.6. The second-order valence-corrected chi connectivity index (χ2v) is 6.78. The molecule has 138 valence electrons. The summed E-state index contributed by atoms with van der Waals surface area (Å²) in [4.78, 5) is 27.5. The Balaban J connectivity index is 1.56. The van der Waals surface area contributed by atoms with Crippen LogP contribution in [0.5, 0.6) is 5.75 Å². The zero-order valence-corrected chi connectivity index (χ0v) is 15.5. The van der Waals surface area contributed by atoms with Gasteiger partial charge in [-0.15, -0.1) is 11.3 Å². The number of thiazole rings is 1. The van der Waals surface area contributed by atoms with E-state index in [0.717, 1.165) is 21.9 Å². The van der Waals surface area contributed by atoms with Crippen molar-refractivity contribution >= 4 is 23.2 Å². The number of hydrogen-bond acceptors (Lipinski definition) is 5. The van der Waals surface area contributed by atoms with Gasteiger partial charge in [0.2, 0.25) is 0 Å². The lowest BCUT2D eigenvalue weighted by Gasteiger charge is -2.04. The molecule has 0 unspecified atom stereocenters. The molecule has 2 N–H and O–H groups in total. The van der Waals surface area contributed by atoms with Crippen molar-refractivity contribution in [2.45, 2.75) is 13.0 Å². The van der Waals surface area contributed by atoms with Gasteiger partial charge in [-0.1, -0.05) is 24.3 Å². The van der Waals surface area contributed by atoms with Crippen LogP contribution in [0.4, 0.5) is 0 Å². The predicted octanol–water partition coefficient (Wildman–Crippen LogP) is 3.37. The Hall–Kier alpha value is -3.19. The lowest BCUT2D eigenvalue weighted by molar-refractivity contribution is 0.0696. The number of carboxylic acids is 1. The number of carboxylic acid groups (broad SMARTS) is 1. The summed E-state index contributed by atoms with van der Waals surface area (Å²) < 4.78 is 5.14. The summed E-state index contributed by atoms with van der Waals surface area (Å²) in [6.07, 6.45) is 0.651. The number of methoxy groups -OCH3 is 1. The summed E-state index contributed by atoms with van der Waals surface area (Å²) in [6.45, 7) is 0.310. The fourth-order valence-electron chi connectivity index (χ4n) is 2.45. The van der Waals surface area contributed by atoms with Gasteiger partial charge in [-0.3, -0.25) is 4.79 Å². The number of hydrogen-bond donors (Lipinski definition) is 2. The Bertz CT molecular complexity index is 933. The van der Waals surface area contributed by atoms with E-state index in [2.05, 4.69) is 10.3 Å². The molecule has 3 aromatic rings. The molecule has 0 bridgehead atoms. The van der Waals surface area contributed by atoms with Crippen LogP contribution in [-0.2, 0) is 13.0 Å². The third-order valence-electron chi connectivity index (χ3n) is 3.95. The number of benzene rings is 2. The van der Waals surface area contributed by atoms with Gasteiger partial charge in [0.05, 0.1) is 17.7 Å². The van der Waals surface area contributed by atoms with Gasteiger partial charge in [0.25, 0.3) is 5.91 Å². The molecule has 0 radical (unpaired) electrons. The zero-order chi connectivity index (χ0) is 19.2. The van der Waals surface area contributed by atoms with E-state index in [1.54, 1.807) is 24.6 Å². The quantitative estimate of drug-likeness (QED) is 0.654. The van der Waals surface area contributed by atoms with Crippen molar-refractivity contribution in [1.29, 1.82) is 0 Å². The molecule has 2 aromatic carbocycles. The van der Waals surface area contributed by atoms with E-state index in [1.165, 1.54) is 23.5 Å². The smallest absolute Gasteiger partial charge is 0.335 e. The molecular formula is C20H18N2O4S. The molecule has 1 aromatic heterocycles. The molecule has 0 spiro atoms. The van der Waals surface area contributed by atoms with E-state index in [9.17, 15) is 9.59 Å². The summed E-state index contributed by atoms with van der Waals surface area (Å²) in [7, 11) is 1.63. The molecule has 27 heavy (non-hydrogen) atoms. The van der Waals surface area contributed by atoms with Crippen LogP contribution < -0.4 is 10.1 Å². The first-order valence-electron chi connectivity index (χ1n) is 8.23. The third-order valence-corrected chi connectivity index (χ3v) is 4.80. The molecule has 0 saturated heterocycles. The van der Waals surface area contributed by atoms with Crippen molar-refractivity contribution in [1.82, 2.24) is 10.3 Å². The molecule has 0 saturated carbocycles. The van der Waals surface area contributed by atoms with E-state index in [1.807, 2.05) is 24.3 Å². The zero-order valence-electron chi connectivity index (χ0n) is 14.6. The molecule has 7 heteroatoms. The highest BCUT2D eigenvalue weighted by atomic mass is 32.1. The van der Waals surface area contributed by atoms with Crippen LogP contribution >= 0.6 is 11.3 Å². The minimum atomic E-state index is -0.975. The molecular weight excluding hydrogens is 364 g/mol. The van der Waals surface area contributed by atoms with E-state index in [0.29, 0.717) is 18.7 Å². The summed E-state index contributed by atoms with van der Waals surface area (Å²) in [5.41, 5.74) is 2.51. The molecule has 3 rings (SSSR count). The Morgan fingerprint density at radius 1 is 1.07 bits per heavy atom. The van der Waals surface area contributed by atoms with Crippen LogP contribution in [0.25, 0.3) is 0 Å². The lowest BCUT2D eigenvalue weighted by Crippen LogP contribution is -2.23. The molecule has 0 aliphatic carbocycles. The van der Waals surface area contributed by atoms with Gasteiger partial charge < -0.3 is 15.2 Å². The normalized spacial score (nSPS) is 10.4. The van der Waals surface area contributed by atoms with Crippen LogP contribution in [-0.4, -0.2) is 29.1 Å². The summed E-state index contributed by atoms with van der Waals surface area (Å²) in [6, 6.07) is 14.1. The first-order chi connectivity index (χ1) is 13.0. The Labute approximate surface area is 160 Å². The Morgan fingerprint density at radius 3 is 2.37 bits per heavy atom. The van der Waals surface area contributed by atoms with Gasteiger partial charge in [0.1, 0.15) is 11.4 Å². The van der Waals surface area contributed by atoms with Crippen LogP contribution in [0.15, 0.2) is 53.9 Å². The van der Waals surface area contributed by atoms with Gasteiger partial charge in [-0.25, -0.2) is 9.78 Å². The van der Waals surface area contributed by atoms with Crippen molar-refractivity contribution in [2.24, 2.45) is 0 Å². The van der Waals surface area contributed by atoms with Crippen LogP contribution in [0.2, 0.25) is 0 Å². The molecule has 1 heterocycles. The predicted molar refractivity (Wildman–Crippen MR) is 102 cm³/mol. The van der Waals surface area contributed by atoms with E-state index in [4.69, 9.17) is 9.84 Å². The monoisotopic (exact) mass is 382 g/mol. The number of carbonyl (C=O) groups is 2. The summed E-state index contributed by atoms with van der Waals surface area (Å²) >= 11 is 1.44. The van der Waals surface area contributed by atoms with Gasteiger partial charge in [-0.05, 0) is 35.4 Å². The number of ether oxygens (including phenoxy) is 1. The van der Waals surface area contributed by atoms with Gasteiger partial charge in [-0.2, -0.15) is 0 Å². The van der Waals surface area contributed by atoms with Gasteiger partial charge >= 0.3 is 5.97 Å². The molecule has 6 nitrogen and oxygen atoms in total. The Morgan fingerprint density at radius 2 is 1.74 bits per heavy atom. The second kappa shape index (κ2) is 8.46. The number of rotatable bonds is 7. The largest absolute Gasteiger partial charge is 0.497 e. The van der Waals surface area contributed by atoms with Gasteiger partial charge in [0.15, 0.2) is 0 Å². The van der Waals surface area contributed by atoms with Crippen LogP contribution in [0, 0.1) is 0 Å². The van der Waals surface area contributed by atoms with Crippen molar-refractivity contribution in [3.8, 4) is 5.75 Å². The second-order valence-electron chi connectivity index (χ2n) is 5.84. The molecule has 0 fully saturated rings. The molecule has 0 aliphatic heterocycles. The van der Waals surface area contributed by atoms with Gasteiger partial charge in [0, 0.05) is 18.3 Å². The van der Waals surface area contributed by atoms with Crippen LogP contribution in [0.1, 0.15) is 37.0 Å². The highest BCUT2D eigenvalue weighted by Gasteiger charge is 2.11. The average Bonchev–Trinajstić information content (AvgIpc) is 3.15. The highest BCUT2D eigenvalue weighted by Crippen LogP contribution is 2.18. The van der Waals surface area contributed by atoms with Crippen LogP contribution in [0.3, 0.4) is 0 Å². The Kier molecular flexibility index (Phi) is 5.83. The van der Waals surface area contributed by atoms with Crippen molar-refractivity contribution in [2.75, 3.05) is 7.11 Å².